The van der Waals surface area contributed by atoms with E-state index in [4.69, 9.17) is 5.11 Å². The monoisotopic (exact) mass is 296 g/mol. The average Bonchev–Trinajstić information content (AvgIpc) is 2.94. The van der Waals surface area contributed by atoms with Gasteiger partial charge in [-0.2, -0.15) is 0 Å². The van der Waals surface area contributed by atoms with Crippen molar-refractivity contribution in [3.63, 3.8) is 0 Å². The normalized spacial score (nSPS) is 10.9. The minimum absolute atomic E-state index is 0.164. The van der Waals surface area contributed by atoms with Gasteiger partial charge < -0.3 is 10.0 Å². The summed E-state index contributed by atoms with van der Waals surface area (Å²) < 4.78 is 0. The molecule has 0 saturated heterocycles. The van der Waals surface area contributed by atoms with Crippen molar-refractivity contribution in [2.24, 2.45) is 0 Å². The highest BCUT2D eigenvalue weighted by Crippen LogP contribution is 2.29. The van der Waals surface area contributed by atoms with Crippen LogP contribution >= 0.6 is 22.7 Å². The van der Waals surface area contributed by atoms with E-state index in [1.807, 2.05) is 11.4 Å². The molecular formula is C13H16N2O2S2. The summed E-state index contributed by atoms with van der Waals surface area (Å²) >= 11 is 3.14. The Bertz CT molecular complexity index is 561. The summed E-state index contributed by atoms with van der Waals surface area (Å²) in [6.07, 6.45) is 0. The van der Waals surface area contributed by atoms with Crippen molar-refractivity contribution in [2.75, 3.05) is 4.90 Å². The lowest BCUT2D eigenvalue weighted by Crippen LogP contribution is -2.29. The van der Waals surface area contributed by atoms with E-state index in [-0.39, 0.29) is 11.7 Å². The number of carboxylic acid groups (broad SMARTS) is 1. The Hall–Kier alpha value is -1.40. The van der Waals surface area contributed by atoms with Crippen molar-refractivity contribution in [2.45, 2.75) is 33.4 Å². The van der Waals surface area contributed by atoms with Crippen LogP contribution in [0.3, 0.4) is 0 Å². The summed E-state index contributed by atoms with van der Waals surface area (Å²) in [4.78, 5) is 19.5. The fourth-order valence-electron chi connectivity index (χ4n) is 1.75. The molecule has 0 aliphatic rings. The van der Waals surface area contributed by atoms with Crippen LogP contribution in [0.1, 0.15) is 34.1 Å². The Labute approximate surface area is 120 Å². The number of anilines is 1. The fraction of sp³-hybridized carbons (Fsp3) is 0.385. The van der Waals surface area contributed by atoms with Gasteiger partial charge in [-0.05, 0) is 32.2 Å². The topological polar surface area (TPSA) is 53.4 Å². The number of hydrogen-bond acceptors (Lipinski definition) is 5. The van der Waals surface area contributed by atoms with Crippen LogP contribution in [0.2, 0.25) is 0 Å². The highest BCUT2D eigenvalue weighted by Gasteiger charge is 2.20. The maximum Gasteiger partial charge on any atom is 0.355 e. The number of aryl methyl sites for hydroxylation is 1. The summed E-state index contributed by atoms with van der Waals surface area (Å²) in [6, 6.07) is 4.38. The summed E-state index contributed by atoms with van der Waals surface area (Å²) in [5, 5.41) is 11.9. The quantitative estimate of drug-likeness (QED) is 0.915. The van der Waals surface area contributed by atoms with Gasteiger partial charge in [0.05, 0.1) is 6.54 Å². The van der Waals surface area contributed by atoms with Gasteiger partial charge in [-0.1, -0.05) is 6.07 Å². The van der Waals surface area contributed by atoms with E-state index >= 15 is 0 Å². The Kier molecular flexibility index (Phi) is 4.21. The van der Waals surface area contributed by atoms with E-state index in [9.17, 15) is 4.79 Å². The van der Waals surface area contributed by atoms with Crippen molar-refractivity contribution in [3.8, 4) is 0 Å². The molecule has 1 N–H and O–H groups in total. The van der Waals surface area contributed by atoms with E-state index in [1.165, 1.54) is 16.2 Å². The zero-order valence-electron chi connectivity index (χ0n) is 11.1. The standard InChI is InChI=1S/C13H16N2O2S2/c1-8(2)15(7-10-5-4-6-18-10)13-14-11(12(16)17)9(3)19-13/h4-6,8H,7H2,1-3H3,(H,16,17). The van der Waals surface area contributed by atoms with Crippen LogP contribution in [0.5, 0.6) is 0 Å². The van der Waals surface area contributed by atoms with E-state index in [0.29, 0.717) is 0 Å². The van der Waals surface area contributed by atoms with Crippen molar-refractivity contribution < 1.29 is 9.90 Å². The second-order valence-electron chi connectivity index (χ2n) is 4.51. The second kappa shape index (κ2) is 5.71. The summed E-state index contributed by atoms with van der Waals surface area (Å²) in [6.45, 7) is 6.74. The van der Waals surface area contributed by atoms with E-state index in [0.717, 1.165) is 16.6 Å². The number of rotatable bonds is 5. The Morgan fingerprint density at radius 2 is 2.26 bits per heavy atom. The summed E-state index contributed by atoms with van der Waals surface area (Å²) in [5.74, 6) is -0.958. The van der Waals surface area contributed by atoms with Gasteiger partial charge in [-0.3, -0.25) is 0 Å². The van der Waals surface area contributed by atoms with E-state index in [2.05, 4.69) is 29.8 Å². The van der Waals surface area contributed by atoms with Gasteiger partial charge in [0.15, 0.2) is 10.8 Å². The van der Waals surface area contributed by atoms with E-state index < -0.39 is 5.97 Å². The van der Waals surface area contributed by atoms with Crippen LogP contribution < -0.4 is 4.90 Å². The van der Waals surface area contributed by atoms with Crippen LogP contribution in [-0.4, -0.2) is 22.1 Å². The van der Waals surface area contributed by atoms with Crippen LogP contribution in [-0.2, 0) is 6.54 Å². The molecule has 6 heteroatoms. The third-order valence-electron chi connectivity index (χ3n) is 2.76. The SMILES string of the molecule is Cc1sc(N(Cc2cccs2)C(C)C)nc1C(=O)O. The minimum atomic E-state index is -0.958. The molecule has 0 bridgehead atoms. The Morgan fingerprint density at radius 1 is 1.53 bits per heavy atom. The fourth-order valence-corrected chi connectivity index (χ4v) is 3.48. The van der Waals surface area contributed by atoms with Crippen LogP contribution in [0.4, 0.5) is 5.13 Å². The molecule has 0 aliphatic carbocycles. The first-order valence-corrected chi connectivity index (χ1v) is 7.68. The maximum absolute atomic E-state index is 11.1. The van der Waals surface area contributed by atoms with Crippen molar-refractivity contribution in [1.29, 1.82) is 0 Å². The molecule has 2 rings (SSSR count). The van der Waals surface area contributed by atoms with E-state index in [1.54, 1.807) is 18.3 Å². The largest absolute Gasteiger partial charge is 0.476 e. The van der Waals surface area contributed by atoms with Crippen LogP contribution in [0, 0.1) is 6.92 Å². The zero-order chi connectivity index (χ0) is 14.0. The van der Waals surface area contributed by atoms with Gasteiger partial charge in [0.1, 0.15) is 0 Å². The molecule has 0 aliphatic heterocycles. The van der Waals surface area contributed by atoms with Gasteiger partial charge in [0.2, 0.25) is 0 Å². The molecule has 0 aromatic carbocycles. The molecule has 0 saturated carbocycles. The molecule has 2 aromatic heterocycles. The highest BCUT2D eigenvalue weighted by atomic mass is 32.1. The maximum atomic E-state index is 11.1. The van der Waals surface area contributed by atoms with Gasteiger partial charge in [0.25, 0.3) is 0 Å². The predicted octanol–water partition coefficient (Wildman–Crippen LogP) is 3.63. The molecule has 4 nitrogen and oxygen atoms in total. The summed E-state index contributed by atoms with van der Waals surface area (Å²) in [5.41, 5.74) is 0.164. The van der Waals surface area contributed by atoms with Crippen LogP contribution in [0.25, 0.3) is 0 Å². The lowest BCUT2D eigenvalue weighted by molar-refractivity contribution is 0.0690. The lowest BCUT2D eigenvalue weighted by Gasteiger charge is -2.25. The lowest BCUT2D eigenvalue weighted by atomic mass is 10.3. The first kappa shape index (κ1) is 14.0. The molecule has 2 aromatic rings. The average molecular weight is 296 g/mol. The predicted molar refractivity (Wildman–Crippen MR) is 79.4 cm³/mol. The van der Waals surface area contributed by atoms with Crippen molar-refractivity contribution in [3.05, 3.63) is 33.0 Å². The molecule has 0 fully saturated rings. The highest BCUT2D eigenvalue weighted by molar-refractivity contribution is 7.15. The molecule has 2 heterocycles. The van der Waals surface area contributed by atoms with Gasteiger partial charge in [-0.15, -0.1) is 22.7 Å². The second-order valence-corrected chi connectivity index (χ2v) is 6.72. The Balaban J connectivity index is 2.29. The number of carboxylic acids is 1. The number of aromatic nitrogens is 1. The minimum Gasteiger partial charge on any atom is -0.476 e. The number of carbonyl (C=O) groups is 1. The van der Waals surface area contributed by atoms with Gasteiger partial charge in [0, 0.05) is 15.8 Å². The van der Waals surface area contributed by atoms with Crippen LogP contribution in [0.15, 0.2) is 17.5 Å². The number of hydrogen-bond donors (Lipinski definition) is 1. The molecular weight excluding hydrogens is 280 g/mol. The molecule has 102 valence electrons. The van der Waals surface area contributed by atoms with Crippen molar-refractivity contribution >= 4 is 33.8 Å². The molecule has 0 radical (unpaired) electrons. The number of nitrogens with zero attached hydrogens (tertiary/aromatic N) is 2. The van der Waals surface area contributed by atoms with Crippen molar-refractivity contribution in [1.82, 2.24) is 4.98 Å². The molecule has 0 unspecified atom stereocenters. The number of aromatic carboxylic acids is 1. The molecule has 0 atom stereocenters. The third kappa shape index (κ3) is 3.13. The molecule has 19 heavy (non-hydrogen) atoms. The molecule has 0 spiro atoms. The third-order valence-corrected chi connectivity index (χ3v) is 4.63. The number of thiazole rings is 1. The first-order valence-electron chi connectivity index (χ1n) is 5.98. The van der Waals surface area contributed by atoms with Gasteiger partial charge >= 0.3 is 5.97 Å². The first-order chi connectivity index (χ1) is 8.99. The zero-order valence-corrected chi connectivity index (χ0v) is 12.7. The summed E-state index contributed by atoms with van der Waals surface area (Å²) in [7, 11) is 0. The number of thiophene rings is 1. The Morgan fingerprint density at radius 3 is 2.74 bits per heavy atom. The molecule has 0 amide bonds. The van der Waals surface area contributed by atoms with Gasteiger partial charge in [-0.25, -0.2) is 9.78 Å². The smallest absolute Gasteiger partial charge is 0.355 e.